The molecule has 104 valence electrons. The van der Waals surface area contributed by atoms with Crippen LogP contribution in [0.5, 0.6) is 11.5 Å². The Hall–Kier alpha value is -2.95. The lowest BCUT2D eigenvalue weighted by Gasteiger charge is -2.09. The molecule has 0 aliphatic heterocycles. The van der Waals surface area contributed by atoms with Gasteiger partial charge in [0.2, 0.25) is 0 Å². The SMILES string of the molecule is Cc1cc(Oc2cnc3ccccc3c2)c(C(=O)O)cn1. The second kappa shape index (κ2) is 5.20. The van der Waals surface area contributed by atoms with E-state index in [-0.39, 0.29) is 11.3 Å². The van der Waals surface area contributed by atoms with Crippen LogP contribution in [0.2, 0.25) is 0 Å². The highest BCUT2D eigenvalue weighted by atomic mass is 16.5. The molecule has 1 N–H and O–H groups in total. The smallest absolute Gasteiger partial charge is 0.341 e. The second-order valence-electron chi connectivity index (χ2n) is 4.59. The summed E-state index contributed by atoms with van der Waals surface area (Å²) in [4.78, 5) is 19.5. The Morgan fingerprint density at radius 1 is 1.14 bits per heavy atom. The maximum absolute atomic E-state index is 11.2. The van der Waals surface area contributed by atoms with Crippen molar-refractivity contribution in [2.75, 3.05) is 0 Å². The molecule has 0 atom stereocenters. The number of pyridine rings is 2. The molecular formula is C16H12N2O3. The van der Waals surface area contributed by atoms with Gasteiger partial charge in [-0.3, -0.25) is 9.97 Å². The quantitative estimate of drug-likeness (QED) is 0.795. The van der Waals surface area contributed by atoms with E-state index in [0.717, 1.165) is 10.9 Å². The van der Waals surface area contributed by atoms with Crippen molar-refractivity contribution in [1.82, 2.24) is 9.97 Å². The molecule has 2 aromatic heterocycles. The molecule has 3 aromatic rings. The summed E-state index contributed by atoms with van der Waals surface area (Å²) in [5.41, 5.74) is 1.56. The molecule has 0 fully saturated rings. The second-order valence-corrected chi connectivity index (χ2v) is 4.59. The highest BCUT2D eigenvalue weighted by Gasteiger charge is 2.13. The fourth-order valence-corrected chi connectivity index (χ4v) is 2.01. The maximum atomic E-state index is 11.2. The van der Waals surface area contributed by atoms with Crippen molar-refractivity contribution < 1.29 is 14.6 Å². The number of ether oxygens (including phenoxy) is 1. The van der Waals surface area contributed by atoms with E-state index in [1.807, 2.05) is 30.3 Å². The topological polar surface area (TPSA) is 72.3 Å². The molecule has 0 bridgehead atoms. The van der Waals surface area contributed by atoms with Crippen molar-refractivity contribution in [2.24, 2.45) is 0 Å². The summed E-state index contributed by atoms with van der Waals surface area (Å²) in [6.07, 6.45) is 2.87. The summed E-state index contributed by atoms with van der Waals surface area (Å²) in [5.74, 6) is -0.333. The van der Waals surface area contributed by atoms with E-state index >= 15 is 0 Å². The molecule has 0 aliphatic rings. The summed E-state index contributed by atoms with van der Waals surface area (Å²) in [7, 11) is 0. The van der Waals surface area contributed by atoms with Crippen LogP contribution in [0.4, 0.5) is 0 Å². The number of hydrogen-bond acceptors (Lipinski definition) is 4. The maximum Gasteiger partial charge on any atom is 0.341 e. The van der Waals surface area contributed by atoms with Crippen LogP contribution in [-0.4, -0.2) is 21.0 Å². The van der Waals surface area contributed by atoms with Crippen molar-refractivity contribution in [3.05, 3.63) is 60.0 Å². The van der Waals surface area contributed by atoms with Crippen molar-refractivity contribution in [3.63, 3.8) is 0 Å². The summed E-state index contributed by atoms with van der Waals surface area (Å²) in [5, 5.41) is 10.1. The van der Waals surface area contributed by atoms with E-state index < -0.39 is 5.97 Å². The minimum atomic E-state index is -1.08. The van der Waals surface area contributed by atoms with Gasteiger partial charge in [-0.2, -0.15) is 0 Å². The van der Waals surface area contributed by atoms with Gasteiger partial charge in [0.05, 0.1) is 11.7 Å². The highest BCUT2D eigenvalue weighted by molar-refractivity contribution is 5.90. The normalized spacial score (nSPS) is 10.5. The molecule has 1 aromatic carbocycles. The summed E-state index contributed by atoms with van der Waals surface area (Å²) >= 11 is 0. The van der Waals surface area contributed by atoms with Gasteiger partial charge in [-0.1, -0.05) is 18.2 Å². The molecule has 0 amide bonds. The molecule has 21 heavy (non-hydrogen) atoms. The van der Waals surface area contributed by atoms with Crippen LogP contribution in [0.15, 0.2) is 48.8 Å². The zero-order valence-corrected chi connectivity index (χ0v) is 11.3. The van der Waals surface area contributed by atoms with Gasteiger partial charge in [-0.25, -0.2) is 4.79 Å². The molecule has 2 heterocycles. The van der Waals surface area contributed by atoms with Gasteiger partial charge in [0, 0.05) is 23.3 Å². The van der Waals surface area contributed by atoms with E-state index in [1.165, 1.54) is 6.20 Å². The van der Waals surface area contributed by atoms with Gasteiger partial charge in [0.25, 0.3) is 0 Å². The van der Waals surface area contributed by atoms with Crippen molar-refractivity contribution in [3.8, 4) is 11.5 Å². The van der Waals surface area contributed by atoms with Crippen LogP contribution in [0, 0.1) is 6.92 Å². The number of nitrogens with zero attached hydrogens (tertiary/aromatic N) is 2. The number of para-hydroxylation sites is 1. The van der Waals surface area contributed by atoms with E-state index in [1.54, 1.807) is 19.2 Å². The van der Waals surface area contributed by atoms with Crippen molar-refractivity contribution >= 4 is 16.9 Å². The summed E-state index contributed by atoms with van der Waals surface area (Å²) < 4.78 is 5.68. The zero-order chi connectivity index (χ0) is 14.8. The molecule has 5 nitrogen and oxygen atoms in total. The largest absolute Gasteiger partial charge is 0.477 e. The van der Waals surface area contributed by atoms with E-state index in [0.29, 0.717) is 11.4 Å². The Balaban J connectivity index is 2.02. The number of benzene rings is 1. The standard InChI is InChI=1S/C16H12N2O3/c1-10-6-15(13(9-17-10)16(19)20)21-12-7-11-4-2-3-5-14(11)18-8-12/h2-9H,1H3,(H,19,20). The number of aromatic carboxylic acids is 1. The molecule has 0 saturated carbocycles. The van der Waals surface area contributed by atoms with Crippen LogP contribution in [0.1, 0.15) is 16.1 Å². The van der Waals surface area contributed by atoms with Gasteiger partial charge in [-0.15, -0.1) is 0 Å². The zero-order valence-electron chi connectivity index (χ0n) is 11.3. The molecule has 0 spiro atoms. The lowest BCUT2D eigenvalue weighted by Crippen LogP contribution is -2.02. The molecule has 0 aliphatic carbocycles. The van der Waals surface area contributed by atoms with Gasteiger partial charge in [-0.05, 0) is 19.1 Å². The molecule has 3 rings (SSSR count). The van der Waals surface area contributed by atoms with E-state index in [2.05, 4.69) is 9.97 Å². The van der Waals surface area contributed by atoms with E-state index in [9.17, 15) is 9.90 Å². The third kappa shape index (κ3) is 2.67. The molecule has 0 radical (unpaired) electrons. The number of carboxylic acids is 1. The number of carbonyl (C=O) groups is 1. The van der Waals surface area contributed by atoms with Crippen molar-refractivity contribution in [1.29, 1.82) is 0 Å². The predicted molar refractivity (Wildman–Crippen MR) is 77.8 cm³/mol. The van der Waals surface area contributed by atoms with Crippen LogP contribution in [-0.2, 0) is 0 Å². The van der Waals surface area contributed by atoms with Crippen LogP contribution in [0.25, 0.3) is 10.9 Å². The molecule has 5 heteroatoms. The lowest BCUT2D eigenvalue weighted by atomic mass is 10.2. The van der Waals surface area contributed by atoms with Gasteiger partial charge in [0.15, 0.2) is 0 Å². The van der Waals surface area contributed by atoms with Crippen LogP contribution in [0.3, 0.4) is 0 Å². The Bertz CT molecular complexity index is 831. The molecular weight excluding hydrogens is 268 g/mol. The summed E-state index contributed by atoms with van der Waals surface area (Å²) in [6, 6.07) is 11.1. The average molecular weight is 280 g/mol. The Labute approximate surface area is 120 Å². The molecule has 0 unspecified atom stereocenters. The average Bonchev–Trinajstić information content (AvgIpc) is 2.47. The Morgan fingerprint density at radius 2 is 1.95 bits per heavy atom. The number of carboxylic acid groups (broad SMARTS) is 1. The fraction of sp³-hybridized carbons (Fsp3) is 0.0625. The number of fused-ring (bicyclic) bond motifs is 1. The molecule has 0 saturated heterocycles. The Kier molecular flexibility index (Phi) is 3.23. The summed E-state index contributed by atoms with van der Waals surface area (Å²) in [6.45, 7) is 1.77. The monoisotopic (exact) mass is 280 g/mol. The number of hydrogen-bond donors (Lipinski definition) is 1. The Morgan fingerprint density at radius 3 is 2.76 bits per heavy atom. The third-order valence-corrected chi connectivity index (χ3v) is 3.03. The third-order valence-electron chi connectivity index (χ3n) is 3.03. The number of rotatable bonds is 3. The first-order valence-corrected chi connectivity index (χ1v) is 6.36. The highest BCUT2D eigenvalue weighted by Crippen LogP contribution is 2.27. The van der Waals surface area contributed by atoms with Gasteiger partial charge >= 0.3 is 5.97 Å². The fourth-order valence-electron chi connectivity index (χ4n) is 2.01. The first-order chi connectivity index (χ1) is 10.1. The van der Waals surface area contributed by atoms with Crippen molar-refractivity contribution in [2.45, 2.75) is 6.92 Å². The van der Waals surface area contributed by atoms with E-state index in [4.69, 9.17) is 4.74 Å². The van der Waals surface area contributed by atoms with Gasteiger partial charge in [0.1, 0.15) is 17.1 Å². The first-order valence-electron chi connectivity index (χ1n) is 6.36. The first kappa shape index (κ1) is 13.1. The number of aromatic nitrogens is 2. The van der Waals surface area contributed by atoms with Crippen LogP contribution >= 0.6 is 0 Å². The minimum absolute atomic E-state index is 0.0220. The van der Waals surface area contributed by atoms with Crippen LogP contribution < -0.4 is 4.74 Å². The van der Waals surface area contributed by atoms with Gasteiger partial charge < -0.3 is 9.84 Å². The predicted octanol–water partition coefficient (Wildman–Crippen LogP) is 3.43. The lowest BCUT2D eigenvalue weighted by molar-refractivity contribution is 0.0693. The number of aryl methyl sites for hydroxylation is 1. The minimum Gasteiger partial charge on any atom is -0.477 e.